The zero-order chi connectivity index (χ0) is 23.2. The number of hydrogen-bond donors (Lipinski definition) is 1. The van der Waals surface area contributed by atoms with Crippen LogP contribution in [0.3, 0.4) is 0 Å². The topological polar surface area (TPSA) is 78.3 Å². The molecule has 0 aliphatic rings. The van der Waals surface area contributed by atoms with Crippen LogP contribution >= 0.6 is 11.8 Å². The third kappa shape index (κ3) is 5.18. The predicted molar refractivity (Wildman–Crippen MR) is 130 cm³/mol. The maximum absolute atomic E-state index is 12.6. The molecule has 1 amide bonds. The van der Waals surface area contributed by atoms with E-state index in [0.717, 1.165) is 22.6 Å². The Kier molecular flexibility index (Phi) is 6.95. The molecule has 0 radical (unpaired) electrons. The highest BCUT2D eigenvalue weighted by Crippen LogP contribution is 2.31. The molecule has 33 heavy (non-hydrogen) atoms. The Labute approximate surface area is 196 Å². The molecule has 0 saturated heterocycles. The van der Waals surface area contributed by atoms with E-state index in [1.165, 1.54) is 11.8 Å². The van der Waals surface area contributed by atoms with E-state index in [2.05, 4.69) is 15.5 Å². The molecule has 3 aromatic carbocycles. The Hall–Kier alpha value is -3.78. The maximum Gasteiger partial charge on any atom is 0.234 e. The molecular formula is C25H24N4O3S. The van der Waals surface area contributed by atoms with Crippen LogP contribution in [0, 0.1) is 6.92 Å². The second-order valence-electron chi connectivity index (χ2n) is 7.25. The summed E-state index contributed by atoms with van der Waals surface area (Å²) >= 11 is 1.33. The highest BCUT2D eigenvalue weighted by atomic mass is 32.2. The van der Waals surface area contributed by atoms with Gasteiger partial charge in [-0.15, -0.1) is 10.2 Å². The number of thioether (sulfide) groups is 1. The number of anilines is 1. The van der Waals surface area contributed by atoms with Gasteiger partial charge in [0.15, 0.2) is 22.5 Å². The molecule has 0 aliphatic carbocycles. The summed E-state index contributed by atoms with van der Waals surface area (Å²) in [7, 11) is 3.13. The minimum Gasteiger partial charge on any atom is -0.493 e. The molecule has 4 rings (SSSR count). The van der Waals surface area contributed by atoms with Crippen LogP contribution in [-0.2, 0) is 4.79 Å². The van der Waals surface area contributed by atoms with E-state index in [1.54, 1.807) is 32.4 Å². The summed E-state index contributed by atoms with van der Waals surface area (Å²) in [5.41, 5.74) is 3.68. The number of carbonyl (C=O) groups excluding carboxylic acids is 1. The molecule has 0 unspecified atom stereocenters. The Morgan fingerprint density at radius 2 is 1.67 bits per heavy atom. The molecular weight excluding hydrogens is 436 g/mol. The number of amides is 1. The Bertz CT molecular complexity index is 1240. The van der Waals surface area contributed by atoms with E-state index in [0.29, 0.717) is 22.3 Å². The van der Waals surface area contributed by atoms with Crippen molar-refractivity contribution in [3.05, 3.63) is 78.4 Å². The van der Waals surface area contributed by atoms with Crippen molar-refractivity contribution < 1.29 is 14.3 Å². The number of aromatic nitrogens is 3. The minimum atomic E-state index is -0.160. The third-order valence-electron chi connectivity index (χ3n) is 4.96. The smallest absolute Gasteiger partial charge is 0.234 e. The molecule has 1 N–H and O–H groups in total. The molecule has 0 spiro atoms. The first-order valence-corrected chi connectivity index (χ1v) is 11.3. The van der Waals surface area contributed by atoms with Gasteiger partial charge in [-0.2, -0.15) is 0 Å². The van der Waals surface area contributed by atoms with Crippen LogP contribution in [0.1, 0.15) is 5.56 Å². The Morgan fingerprint density at radius 3 is 2.36 bits per heavy atom. The zero-order valence-corrected chi connectivity index (χ0v) is 19.4. The van der Waals surface area contributed by atoms with Gasteiger partial charge in [0.25, 0.3) is 0 Å². The quantitative estimate of drug-likeness (QED) is 0.373. The van der Waals surface area contributed by atoms with Crippen molar-refractivity contribution in [2.45, 2.75) is 12.1 Å². The maximum atomic E-state index is 12.6. The van der Waals surface area contributed by atoms with Crippen molar-refractivity contribution >= 4 is 23.4 Å². The van der Waals surface area contributed by atoms with Crippen LogP contribution in [0.25, 0.3) is 17.1 Å². The van der Waals surface area contributed by atoms with Crippen molar-refractivity contribution in [1.82, 2.24) is 14.8 Å². The summed E-state index contributed by atoms with van der Waals surface area (Å²) in [6.45, 7) is 2.04. The number of methoxy groups -OCH3 is 2. The normalized spacial score (nSPS) is 10.6. The van der Waals surface area contributed by atoms with Crippen molar-refractivity contribution in [2.75, 3.05) is 25.3 Å². The van der Waals surface area contributed by atoms with Gasteiger partial charge < -0.3 is 14.8 Å². The number of carbonyl (C=O) groups is 1. The first kappa shape index (κ1) is 22.4. The van der Waals surface area contributed by atoms with Gasteiger partial charge in [-0.25, -0.2) is 0 Å². The SMILES string of the molecule is COc1ccc(NC(=O)CSc2nnc(-c3ccccc3)n2-c2ccc(C)cc2)cc1OC. The van der Waals surface area contributed by atoms with Gasteiger partial charge in [-0.05, 0) is 31.2 Å². The van der Waals surface area contributed by atoms with E-state index in [-0.39, 0.29) is 11.7 Å². The highest BCUT2D eigenvalue weighted by Gasteiger charge is 2.17. The second-order valence-corrected chi connectivity index (χ2v) is 8.19. The standard InChI is InChI=1S/C25H24N4O3S/c1-17-9-12-20(13-10-17)29-24(18-7-5-4-6-8-18)27-28-25(29)33-16-23(30)26-19-11-14-21(31-2)22(15-19)32-3/h4-15H,16H2,1-3H3,(H,26,30). The fourth-order valence-electron chi connectivity index (χ4n) is 3.31. The highest BCUT2D eigenvalue weighted by molar-refractivity contribution is 7.99. The van der Waals surface area contributed by atoms with Gasteiger partial charge in [0, 0.05) is 23.0 Å². The summed E-state index contributed by atoms with van der Waals surface area (Å²) < 4.78 is 12.5. The van der Waals surface area contributed by atoms with Gasteiger partial charge in [-0.1, -0.05) is 59.8 Å². The van der Waals surface area contributed by atoms with Gasteiger partial charge in [0.05, 0.1) is 20.0 Å². The number of benzene rings is 3. The summed E-state index contributed by atoms with van der Waals surface area (Å²) in [6, 6.07) is 23.3. The van der Waals surface area contributed by atoms with Crippen LogP contribution in [0.15, 0.2) is 78.0 Å². The van der Waals surface area contributed by atoms with Crippen LogP contribution in [0.5, 0.6) is 11.5 Å². The van der Waals surface area contributed by atoms with Crippen LogP contribution in [0.4, 0.5) is 5.69 Å². The molecule has 1 aromatic heterocycles. The Balaban J connectivity index is 1.55. The van der Waals surface area contributed by atoms with E-state index >= 15 is 0 Å². The molecule has 8 heteroatoms. The van der Waals surface area contributed by atoms with Crippen LogP contribution in [-0.4, -0.2) is 40.6 Å². The van der Waals surface area contributed by atoms with Crippen molar-refractivity contribution in [3.63, 3.8) is 0 Å². The largest absolute Gasteiger partial charge is 0.493 e. The van der Waals surface area contributed by atoms with Crippen LogP contribution < -0.4 is 14.8 Å². The average Bonchev–Trinajstić information content (AvgIpc) is 3.27. The molecule has 0 fully saturated rings. The van der Waals surface area contributed by atoms with Gasteiger partial charge in [0.2, 0.25) is 5.91 Å². The van der Waals surface area contributed by atoms with E-state index in [1.807, 2.05) is 66.1 Å². The summed E-state index contributed by atoms with van der Waals surface area (Å²) in [4.78, 5) is 12.6. The van der Waals surface area contributed by atoms with E-state index in [4.69, 9.17) is 9.47 Å². The lowest BCUT2D eigenvalue weighted by Gasteiger charge is -2.12. The van der Waals surface area contributed by atoms with Gasteiger partial charge >= 0.3 is 0 Å². The molecule has 0 atom stereocenters. The first-order valence-electron chi connectivity index (χ1n) is 10.3. The number of rotatable bonds is 8. The predicted octanol–water partition coefficient (Wildman–Crippen LogP) is 4.99. The lowest BCUT2D eigenvalue weighted by atomic mass is 10.2. The third-order valence-corrected chi connectivity index (χ3v) is 5.89. The summed E-state index contributed by atoms with van der Waals surface area (Å²) in [5, 5.41) is 12.3. The molecule has 0 bridgehead atoms. The molecule has 1 heterocycles. The Morgan fingerprint density at radius 1 is 0.939 bits per heavy atom. The molecule has 0 saturated carbocycles. The fourth-order valence-corrected chi connectivity index (χ4v) is 4.06. The van der Waals surface area contributed by atoms with Gasteiger partial charge in [0.1, 0.15) is 0 Å². The number of aryl methyl sites for hydroxylation is 1. The first-order chi connectivity index (χ1) is 16.1. The van der Waals surface area contributed by atoms with Gasteiger partial charge in [-0.3, -0.25) is 9.36 Å². The zero-order valence-electron chi connectivity index (χ0n) is 18.6. The van der Waals surface area contributed by atoms with E-state index < -0.39 is 0 Å². The monoisotopic (exact) mass is 460 g/mol. The van der Waals surface area contributed by atoms with Crippen molar-refractivity contribution in [2.24, 2.45) is 0 Å². The minimum absolute atomic E-state index is 0.160. The van der Waals surface area contributed by atoms with Crippen molar-refractivity contribution in [1.29, 1.82) is 0 Å². The van der Waals surface area contributed by atoms with Crippen LogP contribution in [0.2, 0.25) is 0 Å². The number of ether oxygens (including phenoxy) is 2. The number of nitrogens with one attached hydrogen (secondary N) is 1. The lowest BCUT2D eigenvalue weighted by Crippen LogP contribution is -2.14. The molecule has 7 nitrogen and oxygen atoms in total. The van der Waals surface area contributed by atoms with Crippen molar-refractivity contribution in [3.8, 4) is 28.6 Å². The molecule has 168 valence electrons. The average molecular weight is 461 g/mol. The summed E-state index contributed by atoms with van der Waals surface area (Å²) in [6.07, 6.45) is 0. The molecule has 4 aromatic rings. The summed E-state index contributed by atoms with van der Waals surface area (Å²) in [5.74, 6) is 1.89. The molecule has 0 aliphatic heterocycles. The number of hydrogen-bond acceptors (Lipinski definition) is 6. The number of nitrogens with zero attached hydrogens (tertiary/aromatic N) is 3. The van der Waals surface area contributed by atoms with E-state index in [9.17, 15) is 4.79 Å². The lowest BCUT2D eigenvalue weighted by molar-refractivity contribution is -0.113. The second kappa shape index (κ2) is 10.2. The fraction of sp³-hybridized carbons (Fsp3) is 0.160.